The smallest absolute Gasteiger partial charge is 0.176 e. The maximum Gasteiger partial charge on any atom is 0.176 e. The van der Waals surface area contributed by atoms with Crippen molar-refractivity contribution in [2.75, 3.05) is 41.3 Å². The molecule has 0 fully saturated rings. The fourth-order valence-corrected chi connectivity index (χ4v) is 3.95. The van der Waals surface area contributed by atoms with Crippen molar-refractivity contribution in [3.8, 4) is 0 Å². The van der Waals surface area contributed by atoms with E-state index in [4.69, 9.17) is 0 Å². The minimum absolute atomic E-state index is 0. The van der Waals surface area contributed by atoms with Gasteiger partial charge in [0.1, 0.15) is 0 Å². The molecular formula is C20H23ClN2O2S. The third-order valence-electron chi connectivity index (χ3n) is 4.03. The molecule has 0 saturated carbocycles. The van der Waals surface area contributed by atoms with E-state index >= 15 is 0 Å². The highest BCUT2D eigenvalue weighted by molar-refractivity contribution is 7.25. The predicted molar refractivity (Wildman–Crippen MR) is 112 cm³/mol. The second-order valence-electron chi connectivity index (χ2n) is 6.85. The maximum absolute atomic E-state index is 12.4. The van der Waals surface area contributed by atoms with Gasteiger partial charge in [-0.1, -0.05) is 0 Å². The number of carbonyl (C=O) groups excluding carboxylic acids is 2. The van der Waals surface area contributed by atoms with Gasteiger partial charge in [0.05, 0.1) is 13.1 Å². The summed E-state index contributed by atoms with van der Waals surface area (Å²) in [6.07, 6.45) is 0. The van der Waals surface area contributed by atoms with Crippen molar-refractivity contribution in [2.45, 2.75) is 0 Å². The van der Waals surface area contributed by atoms with Crippen LogP contribution < -0.4 is 0 Å². The summed E-state index contributed by atoms with van der Waals surface area (Å²) in [5, 5.41) is 2.09. The molecular weight excluding hydrogens is 368 g/mol. The molecule has 0 radical (unpaired) electrons. The van der Waals surface area contributed by atoms with Gasteiger partial charge in [-0.3, -0.25) is 9.59 Å². The van der Waals surface area contributed by atoms with Crippen LogP contribution in [0.15, 0.2) is 36.4 Å². The lowest BCUT2D eigenvalue weighted by atomic mass is 10.0. The van der Waals surface area contributed by atoms with Gasteiger partial charge in [-0.05, 0) is 64.6 Å². The molecule has 3 aromatic rings. The summed E-state index contributed by atoms with van der Waals surface area (Å²) in [6, 6.07) is 11.7. The standard InChI is InChI=1S/C20H22N2O2S.ClH/c1-21(2)11-17(23)13-5-7-19-15(9-13)16-10-14(6-8-20(16)25-19)18(24)12-22(3)4;/h5-10H,11-12H2,1-4H3;1H. The highest BCUT2D eigenvalue weighted by Crippen LogP contribution is 2.35. The molecule has 138 valence electrons. The number of benzene rings is 2. The summed E-state index contributed by atoms with van der Waals surface area (Å²) in [7, 11) is 7.55. The SMILES string of the molecule is CN(C)CC(=O)c1ccc2sc3ccc(C(=O)CN(C)C)cc3c2c1.Cl. The van der Waals surface area contributed by atoms with E-state index in [1.54, 1.807) is 11.3 Å². The number of halogens is 1. The first-order chi connectivity index (χ1) is 11.8. The Bertz CT molecular complexity index is 887. The summed E-state index contributed by atoms with van der Waals surface area (Å²) in [4.78, 5) is 28.5. The highest BCUT2D eigenvalue weighted by atomic mass is 35.5. The largest absolute Gasteiger partial charge is 0.302 e. The molecule has 0 N–H and O–H groups in total. The lowest BCUT2D eigenvalue weighted by molar-refractivity contribution is 0.0949. The quantitative estimate of drug-likeness (QED) is 0.597. The van der Waals surface area contributed by atoms with E-state index < -0.39 is 0 Å². The van der Waals surface area contributed by atoms with Gasteiger partial charge in [-0.2, -0.15) is 0 Å². The third-order valence-corrected chi connectivity index (χ3v) is 5.18. The number of hydrogen-bond acceptors (Lipinski definition) is 5. The number of carbonyl (C=O) groups is 2. The molecule has 1 aromatic heterocycles. The van der Waals surface area contributed by atoms with Crippen LogP contribution in [0, 0.1) is 0 Å². The Morgan fingerprint density at radius 1 is 0.769 bits per heavy atom. The second kappa shape index (κ2) is 8.27. The Balaban J connectivity index is 0.00000243. The summed E-state index contributed by atoms with van der Waals surface area (Å²) in [6.45, 7) is 0.778. The van der Waals surface area contributed by atoms with Gasteiger partial charge in [0.15, 0.2) is 11.6 Å². The van der Waals surface area contributed by atoms with E-state index in [0.717, 1.165) is 20.2 Å². The average Bonchev–Trinajstić information content (AvgIpc) is 2.90. The van der Waals surface area contributed by atoms with Gasteiger partial charge in [0.2, 0.25) is 0 Å². The predicted octanol–water partition coefficient (Wildman–Crippen LogP) is 3.96. The molecule has 0 aliphatic carbocycles. The summed E-state index contributed by atoms with van der Waals surface area (Å²) in [5.74, 6) is 0.206. The molecule has 0 unspecified atom stereocenters. The van der Waals surface area contributed by atoms with Crippen LogP contribution in [0.2, 0.25) is 0 Å². The Labute approximate surface area is 163 Å². The van der Waals surface area contributed by atoms with E-state index in [-0.39, 0.29) is 24.0 Å². The van der Waals surface area contributed by atoms with Crippen LogP contribution in [0.5, 0.6) is 0 Å². The Kier molecular flexibility index (Phi) is 6.53. The number of nitrogens with zero attached hydrogens (tertiary/aromatic N) is 2. The molecule has 0 saturated heterocycles. The summed E-state index contributed by atoms with van der Waals surface area (Å²) >= 11 is 1.69. The van der Waals surface area contributed by atoms with Crippen molar-refractivity contribution in [1.82, 2.24) is 9.80 Å². The molecule has 4 nitrogen and oxygen atoms in total. The fraction of sp³-hybridized carbons (Fsp3) is 0.300. The lowest BCUT2D eigenvalue weighted by Crippen LogP contribution is -2.21. The Morgan fingerprint density at radius 2 is 1.15 bits per heavy atom. The zero-order valence-corrected chi connectivity index (χ0v) is 17.0. The van der Waals surface area contributed by atoms with E-state index in [0.29, 0.717) is 24.2 Å². The summed E-state index contributed by atoms with van der Waals surface area (Å²) < 4.78 is 2.27. The highest BCUT2D eigenvalue weighted by Gasteiger charge is 2.13. The number of thiophene rings is 1. The first-order valence-electron chi connectivity index (χ1n) is 8.17. The number of fused-ring (bicyclic) bond motifs is 3. The van der Waals surface area contributed by atoms with Crippen molar-refractivity contribution in [1.29, 1.82) is 0 Å². The average molecular weight is 391 g/mol. The van der Waals surface area contributed by atoms with Crippen LogP contribution in [-0.4, -0.2) is 62.6 Å². The zero-order chi connectivity index (χ0) is 18.1. The third kappa shape index (κ3) is 4.30. The normalized spacial score (nSPS) is 11.3. The second-order valence-corrected chi connectivity index (χ2v) is 7.93. The number of hydrogen-bond donors (Lipinski definition) is 0. The molecule has 6 heteroatoms. The molecule has 2 aromatic carbocycles. The van der Waals surface area contributed by atoms with Gasteiger partial charge in [0, 0.05) is 31.3 Å². The minimum Gasteiger partial charge on any atom is -0.302 e. The van der Waals surface area contributed by atoms with Crippen LogP contribution in [0.4, 0.5) is 0 Å². The van der Waals surface area contributed by atoms with Crippen molar-refractivity contribution < 1.29 is 9.59 Å². The van der Waals surface area contributed by atoms with Gasteiger partial charge < -0.3 is 9.80 Å². The first-order valence-corrected chi connectivity index (χ1v) is 8.99. The number of ketones is 2. The van der Waals surface area contributed by atoms with Crippen LogP contribution >= 0.6 is 23.7 Å². The minimum atomic E-state index is 0. The van der Waals surface area contributed by atoms with Gasteiger partial charge in [-0.25, -0.2) is 0 Å². The molecule has 3 rings (SSSR count). The van der Waals surface area contributed by atoms with Crippen LogP contribution in [-0.2, 0) is 0 Å². The van der Waals surface area contributed by atoms with E-state index in [1.165, 1.54) is 0 Å². The molecule has 0 aliphatic rings. The van der Waals surface area contributed by atoms with Crippen molar-refractivity contribution in [3.63, 3.8) is 0 Å². The first kappa shape index (κ1) is 20.5. The van der Waals surface area contributed by atoms with E-state index in [2.05, 4.69) is 0 Å². The maximum atomic E-state index is 12.4. The van der Waals surface area contributed by atoms with Gasteiger partial charge in [0.25, 0.3) is 0 Å². The molecule has 1 heterocycles. The lowest BCUT2D eigenvalue weighted by Gasteiger charge is -2.09. The Hall–Kier alpha value is -1.79. The number of rotatable bonds is 6. The molecule has 0 bridgehead atoms. The summed E-state index contributed by atoms with van der Waals surface area (Å²) in [5.41, 5.74) is 1.43. The molecule has 0 amide bonds. The molecule has 0 atom stereocenters. The van der Waals surface area contributed by atoms with Crippen molar-refractivity contribution >= 4 is 55.5 Å². The van der Waals surface area contributed by atoms with E-state index in [1.807, 2.05) is 74.4 Å². The number of likely N-dealkylation sites (N-methyl/N-ethyl adjacent to an activating group) is 2. The van der Waals surface area contributed by atoms with Crippen LogP contribution in [0.25, 0.3) is 20.2 Å². The Morgan fingerprint density at radius 3 is 1.50 bits per heavy atom. The van der Waals surface area contributed by atoms with Crippen molar-refractivity contribution in [2.24, 2.45) is 0 Å². The molecule has 0 aliphatic heterocycles. The topological polar surface area (TPSA) is 40.6 Å². The van der Waals surface area contributed by atoms with Crippen molar-refractivity contribution in [3.05, 3.63) is 47.5 Å². The number of Topliss-reactive ketones (excluding diaryl/α,β-unsaturated/α-hetero) is 2. The molecule has 0 spiro atoms. The van der Waals surface area contributed by atoms with E-state index in [9.17, 15) is 9.59 Å². The molecule has 26 heavy (non-hydrogen) atoms. The monoisotopic (exact) mass is 390 g/mol. The van der Waals surface area contributed by atoms with Crippen LogP contribution in [0.1, 0.15) is 20.7 Å². The van der Waals surface area contributed by atoms with Gasteiger partial charge in [-0.15, -0.1) is 23.7 Å². The fourth-order valence-electron chi connectivity index (χ4n) is 2.88. The zero-order valence-electron chi connectivity index (χ0n) is 15.4. The van der Waals surface area contributed by atoms with Crippen LogP contribution in [0.3, 0.4) is 0 Å². The van der Waals surface area contributed by atoms with Gasteiger partial charge >= 0.3 is 0 Å².